The summed E-state index contributed by atoms with van der Waals surface area (Å²) in [6, 6.07) is 8.98. The summed E-state index contributed by atoms with van der Waals surface area (Å²) in [5.74, 6) is -3.89. The number of carbonyl (C=O) groups is 2. The predicted octanol–water partition coefficient (Wildman–Crippen LogP) is 3.78. The molecule has 0 atom stereocenters. The lowest BCUT2D eigenvalue weighted by molar-refractivity contribution is -0.118. The molecule has 2 aromatic rings. The van der Waals surface area contributed by atoms with Crippen molar-refractivity contribution in [2.24, 2.45) is 5.92 Å². The van der Waals surface area contributed by atoms with E-state index in [2.05, 4.69) is 5.32 Å². The average molecular weight is 319 g/mol. The molecule has 0 bridgehead atoms. The molecular formula is C17H15F2NO3. The molecule has 0 unspecified atom stereocenters. The van der Waals surface area contributed by atoms with Crippen molar-refractivity contribution in [3.8, 4) is 5.75 Å². The third-order valence-corrected chi connectivity index (χ3v) is 3.03. The zero-order valence-electron chi connectivity index (χ0n) is 12.6. The Kier molecular flexibility index (Phi) is 5.05. The Morgan fingerprint density at radius 1 is 1.00 bits per heavy atom. The SMILES string of the molecule is CC(C)C(=O)Nc1ccc(C(=O)Oc2c(F)cccc2F)cc1. The minimum absolute atomic E-state index is 0.107. The van der Waals surface area contributed by atoms with Crippen LogP contribution >= 0.6 is 0 Å². The number of amides is 1. The maximum atomic E-state index is 13.4. The quantitative estimate of drug-likeness (QED) is 0.689. The second-order valence-corrected chi connectivity index (χ2v) is 5.16. The van der Waals surface area contributed by atoms with Crippen molar-refractivity contribution in [3.05, 3.63) is 59.7 Å². The molecule has 1 amide bonds. The molecule has 2 rings (SSSR count). The fourth-order valence-electron chi connectivity index (χ4n) is 1.71. The van der Waals surface area contributed by atoms with Gasteiger partial charge in [-0.05, 0) is 36.4 Å². The molecule has 0 aliphatic heterocycles. The van der Waals surface area contributed by atoms with Crippen LogP contribution < -0.4 is 10.1 Å². The van der Waals surface area contributed by atoms with Gasteiger partial charge in [0.15, 0.2) is 11.6 Å². The average Bonchev–Trinajstić information content (AvgIpc) is 2.51. The number of nitrogens with one attached hydrogen (secondary N) is 1. The highest BCUT2D eigenvalue weighted by molar-refractivity contribution is 5.94. The van der Waals surface area contributed by atoms with Crippen LogP contribution in [-0.4, -0.2) is 11.9 Å². The first kappa shape index (κ1) is 16.6. The van der Waals surface area contributed by atoms with Crippen LogP contribution in [0.5, 0.6) is 5.75 Å². The van der Waals surface area contributed by atoms with E-state index in [0.717, 1.165) is 12.1 Å². The van der Waals surface area contributed by atoms with Crippen molar-refractivity contribution in [2.45, 2.75) is 13.8 Å². The Morgan fingerprint density at radius 2 is 1.57 bits per heavy atom. The van der Waals surface area contributed by atoms with E-state index in [0.29, 0.717) is 5.69 Å². The number of ether oxygens (including phenoxy) is 1. The molecule has 6 heteroatoms. The van der Waals surface area contributed by atoms with E-state index in [1.165, 1.54) is 30.3 Å². The second kappa shape index (κ2) is 7.00. The number of hydrogen-bond donors (Lipinski definition) is 1. The summed E-state index contributed by atoms with van der Waals surface area (Å²) in [5, 5.41) is 2.66. The molecule has 120 valence electrons. The van der Waals surface area contributed by atoms with Crippen LogP contribution in [0.25, 0.3) is 0 Å². The van der Waals surface area contributed by atoms with E-state index < -0.39 is 23.4 Å². The lowest BCUT2D eigenvalue weighted by atomic mass is 10.1. The fourth-order valence-corrected chi connectivity index (χ4v) is 1.71. The van der Waals surface area contributed by atoms with E-state index in [1.54, 1.807) is 13.8 Å². The van der Waals surface area contributed by atoms with Gasteiger partial charge in [0.25, 0.3) is 0 Å². The number of anilines is 1. The second-order valence-electron chi connectivity index (χ2n) is 5.16. The van der Waals surface area contributed by atoms with Crippen LogP contribution in [0.2, 0.25) is 0 Å². The van der Waals surface area contributed by atoms with Crippen LogP contribution in [0.15, 0.2) is 42.5 Å². The molecule has 0 fully saturated rings. The monoisotopic (exact) mass is 319 g/mol. The van der Waals surface area contributed by atoms with Gasteiger partial charge in [0.1, 0.15) is 0 Å². The maximum absolute atomic E-state index is 13.4. The number of carbonyl (C=O) groups excluding carboxylic acids is 2. The molecule has 0 saturated heterocycles. The summed E-state index contributed by atoms with van der Waals surface area (Å²) in [6.07, 6.45) is 0. The summed E-state index contributed by atoms with van der Waals surface area (Å²) >= 11 is 0. The van der Waals surface area contributed by atoms with Crippen molar-refractivity contribution in [1.82, 2.24) is 0 Å². The highest BCUT2D eigenvalue weighted by Gasteiger charge is 2.16. The lowest BCUT2D eigenvalue weighted by Crippen LogP contribution is -2.17. The molecule has 4 nitrogen and oxygen atoms in total. The summed E-state index contributed by atoms with van der Waals surface area (Å²) in [7, 11) is 0. The summed E-state index contributed by atoms with van der Waals surface area (Å²) in [6.45, 7) is 3.51. The van der Waals surface area contributed by atoms with Crippen molar-refractivity contribution in [3.63, 3.8) is 0 Å². The largest absolute Gasteiger partial charge is 0.417 e. The predicted molar refractivity (Wildman–Crippen MR) is 81.2 cm³/mol. The smallest absolute Gasteiger partial charge is 0.343 e. The number of halogens is 2. The van der Waals surface area contributed by atoms with Gasteiger partial charge in [0.05, 0.1) is 5.56 Å². The standard InChI is InChI=1S/C17H15F2NO3/c1-10(2)16(21)20-12-8-6-11(7-9-12)17(22)23-15-13(18)4-3-5-14(15)19/h3-10H,1-2H3,(H,20,21). The topological polar surface area (TPSA) is 55.4 Å². The summed E-state index contributed by atoms with van der Waals surface area (Å²) < 4.78 is 31.6. The zero-order valence-corrected chi connectivity index (χ0v) is 12.6. The van der Waals surface area contributed by atoms with Gasteiger partial charge in [0, 0.05) is 11.6 Å². The molecule has 0 heterocycles. The first-order chi connectivity index (χ1) is 10.9. The summed E-state index contributed by atoms with van der Waals surface area (Å²) in [5.41, 5.74) is 0.618. The molecule has 2 aromatic carbocycles. The number of para-hydroxylation sites is 1. The molecule has 1 N–H and O–H groups in total. The van der Waals surface area contributed by atoms with Crippen LogP contribution in [0.3, 0.4) is 0 Å². The first-order valence-electron chi connectivity index (χ1n) is 6.95. The van der Waals surface area contributed by atoms with Crippen LogP contribution in [0, 0.1) is 17.6 Å². The number of hydrogen-bond acceptors (Lipinski definition) is 3. The minimum Gasteiger partial charge on any atom is -0.417 e. The number of benzene rings is 2. The Balaban J connectivity index is 2.10. The molecular weight excluding hydrogens is 304 g/mol. The van der Waals surface area contributed by atoms with Crippen molar-refractivity contribution >= 4 is 17.6 Å². The molecule has 0 aliphatic rings. The minimum atomic E-state index is -0.959. The van der Waals surface area contributed by atoms with Gasteiger partial charge in [0.2, 0.25) is 11.7 Å². The van der Waals surface area contributed by atoms with E-state index in [4.69, 9.17) is 4.74 Å². The van der Waals surface area contributed by atoms with Gasteiger partial charge in [-0.15, -0.1) is 0 Å². The molecule has 0 aliphatic carbocycles. The van der Waals surface area contributed by atoms with E-state index in [9.17, 15) is 18.4 Å². The summed E-state index contributed by atoms with van der Waals surface area (Å²) in [4.78, 5) is 23.5. The lowest BCUT2D eigenvalue weighted by Gasteiger charge is -2.09. The van der Waals surface area contributed by atoms with Crippen LogP contribution in [0.1, 0.15) is 24.2 Å². The first-order valence-corrected chi connectivity index (χ1v) is 6.95. The Labute approximate surface area is 132 Å². The molecule has 0 aromatic heterocycles. The Bertz CT molecular complexity index is 707. The Hall–Kier alpha value is -2.76. The third kappa shape index (κ3) is 4.12. The van der Waals surface area contributed by atoms with E-state index >= 15 is 0 Å². The molecule has 0 saturated carbocycles. The Morgan fingerprint density at radius 3 is 2.09 bits per heavy atom. The molecule has 0 radical (unpaired) electrons. The van der Waals surface area contributed by atoms with Crippen molar-refractivity contribution in [1.29, 1.82) is 0 Å². The number of esters is 1. The zero-order chi connectivity index (χ0) is 17.0. The molecule has 0 spiro atoms. The third-order valence-electron chi connectivity index (χ3n) is 3.03. The highest BCUT2D eigenvalue weighted by Crippen LogP contribution is 2.22. The van der Waals surface area contributed by atoms with E-state index in [-0.39, 0.29) is 17.4 Å². The van der Waals surface area contributed by atoms with Gasteiger partial charge in [-0.1, -0.05) is 19.9 Å². The normalized spacial score (nSPS) is 10.5. The van der Waals surface area contributed by atoms with Gasteiger partial charge in [-0.3, -0.25) is 4.79 Å². The highest BCUT2D eigenvalue weighted by atomic mass is 19.1. The van der Waals surface area contributed by atoms with Gasteiger partial charge < -0.3 is 10.1 Å². The van der Waals surface area contributed by atoms with Crippen molar-refractivity contribution in [2.75, 3.05) is 5.32 Å². The maximum Gasteiger partial charge on any atom is 0.343 e. The van der Waals surface area contributed by atoms with Gasteiger partial charge in [-0.2, -0.15) is 0 Å². The van der Waals surface area contributed by atoms with E-state index in [1.807, 2.05) is 0 Å². The number of rotatable bonds is 4. The van der Waals surface area contributed by atoms with Gasteiger partial charge in [-0.25, -0.2) is 13.6 Å². The molecule has 23 heavy (non-hydrogen) atoms. The van der Waals surface area contributed by atoms with Crippen LogP contribution in [0.4, 0.5) is 14.5 Å². The van der Waals surface area contributed by atoms with Gasteiger partial charge >= 0.3 is 5.97 Å². The van der Waals surface area contributed by atoms with Crippen LogP contribution in [-0.2, 0) is 4.79 Å². The van der Waals surface area contributed by atoms with Crippen molar-refractivity contribution < 1.29 is 23.1 Å². The fraction of sp³-hybridized carbons (Fsp3) is 0.176.